The van der Waals surface area contributed by atoms with Crippen molar-refractivity contribution in [1.29, 1.82) is 5.26 Å². The van der Waals surface area contributed by atoms with Crippen molar-refractivity contribution < 1.29 is 19.0 Å². The Balaban J connectivity index is 1.76. The quantitative estimate of drug-likeness (QED) is 0.308. The van der Waals surface area contributed by atoms with Crippen LogP contribution in [0.5, 0.6) is 11.5 Å². The number of fused-ring (bicyclic) bond motifs is 1. The van der Waals surface area contributed by atoms with E-state index in [0.29, 0.717) is 32.1 Å². The number of benzene rings is 3. The fraction of sp³-hybridized carbons (Fsp3) is 0.161. The molecule has 1 aliphatic heterocycles. The highest BCUT2D eigenvalue weighted by atomic mass is 32.1. The molecule has 5 rings (SSSR count). The second-order valence-electron chi connectivity index (χ2n) is 8.72. The van der Waals surface area contributed by atoms with E-state index in [4.69, 9.17) is 24.5 Å². The summed E-state index contributed by atoms with van der Waals surface area (Å²) in [5.74, 6) is 0.636. The Kier molecular flexibility index (Phi) is 7.89. The van der Waals surface area contributed by atoms with Crippen molar-refractivity contribution in [3.63, 3.8) is 0 Å². The van der Waals surface area contributed by atoms with E-state index >= 15 is 0 Å². The maximum atomic E-state index is 14.0. The van der Waals surface area contributed by atoms with Gasteiger partial charge in [-0.3, -0.25) is 9.36 Å². The maximum Gasteiger partial charge on any atom is 0.338 e. The number of esters is 1. The first-order valence-corrected chi connectivity index (χ1v) is 13.4. The van der Waals surface area contributed by atoms with Gasteiger partial charge in [0, 0.05) is 5.56 Å². The average molecular weight is 552 g/mol. The van der Waals surface area contributed by atoms with Crippen LogP contribution >= 0.6 is 11.3 Å². The standard InChI is InChI=1S/C31H25N3O5S/c1-3-38-30(36)26-27(21-9-5-4-6-10-21)33-31-34(28(26)22-12-14-23(37-2)15-13-22)29(35)25(40-31)19-20-8-7-11-24(18-20)39-17-16-32/h4-15,18-19,28H,3,17H2,1-2H3/b25-19-/t28-/m1/s1. The molecule has 0 fully saturated rings. The molecule has 0 unspecified atom stereocenters. The van der Waals surface area contributed by atoms with Crippen LogP contribution in [0, 0.1) is 11.3 Å². The number of rotatable bonds is 8. The van der Waals surface area contributed by atoms with Crippen molar-refractivity contribution in [3.05, 3.63) is 121 Å². The van der Waals surface area contributed by atoms with E-state index < -0.39 is 12.0 Å². The molecular weight excluding hydrogens is 526 g/mol. The molecule has 0 spiro atoms. The number of hydrogen-bond acceptors (Lipinski definition) is 8. The third-order valence-corrected chi connectivity index (χ3v) is 7.25. The summed E-state index contributed by atoms with van der Waals surface area (Å²) in [7, 11) is 1.58. The zero-order chi connectivity index (χ0) is 28.1. The molecule has 0 amide bonds. The zero-order valence-corrected chi connectivity index (χ0v) is 22.7. The van der Waals surface area contributed by atoms with E-state index in [1.54, 1.807) is 55.0 Å². The largest absolute Gasteiger partial charge is 0.497 e. The summed E-state index contributed by atoms with van der Waals surface area (Å²) < 4.78 is 18.2. The van der Waals surface area contributed by atoms with Gasteiger partial charge in [-0.2, -0.15) is 5.26 Å². The van der Waals surface area contributed by atoms with Gasteiger partial charge in [-0.15, -0.1) is 0 Å². The molecule has 1 atom stereocenters. The molecule has 200 valence electrons. The summed E-state index contributed by atoms with van der Waals surface area (Å²) in [4.78, 5) is 32.8. The number of thiazole rings is 1. The monoisotopic (exact) mass is 551 g/mol. The first kappa shape index (κ1) is 26.7. The average Bonchev–Trinajstić information content (AvgIpc) is 3.30. The second kappa shape index (κ2) is 11.8. The molecule has 0 N–H and O–H groups in total. The number of nitrogens with zero attached hydrogens (tertiary/aromatic N) is 3. The lowest BCUT2D eigenvalue weighted by Gasteiger charge is -2.26. The SMILES string of the molecule is CCOC(=O)C1=C(c2ccccc2)N=c2s/c(=C\c3cccc(OCC#N)c3)c(=O)n2[C@@H]1c1ccc(OC)cc1. The molecule has 3 aromatic carbocycles. The van der Waals surface area contributed by atoms with E-state index in [1.807, 2.05) is 54.6 Å². The zero-order valence-electron chi connectivity index (χ0n) is 21.9. The van der Waals surface area contributed by atoms with Crippen LogP contribution in [0.2, 0.25) is 0 Å². The Morgan fingerprint density at radius 3 is 2.55 bits per heavy atom. The topological polar surface area (TPSA) is 103 Å². The molecular formula is C31H25N3O5S. The van der Waals surface area contributed by atoms with Crippen LogP contribution in [0.3, 0.4) is 0 Å². The number of ether oxygens (including phenoxy) is 3. The van der Waals surface area contributed by atoms with Crippen LogP contribution in [0.25, 0.3) is 11.8 Å². The highest BCUT2D eigenvalue weighted by Crippen LogP contribution is 2.35. The third kappa shape index (κ3) is 5.30. The van der Waals surface area contributed by atoms with Crippen LogP contribution in [-0.4, -0.2) is 30.9 Å². The summed E-state index contributed by atoms with van der Waals surface area (Å²) in [5.41, 5.74) is 2.64. The smallest absolute Gasteiger partial charge is 0.338 e. The molecule has 0 bridgehead atoms. The van der Waals surface area contributed by atoms with Gasteiger partial charge >= 0.3 is 5.97 Å². The minimum absolute atomic E-state index is 0.0770. The summed E-state index contributed by atoms with van der Waals surface area (Å²) in [6.45, 7) is 1.84. The highest BCUT2D eigenvalue weighted by Gasteiger charge is 2.35. The summed E-state index contributed by atoms with van der Waals surface area (Å²) >= 11 is 1.24. The highest BCUT2D eigenvalue weighted by molar-refractivity contribution is 7.07. The van der Waals surface area contributed by atoms with Gasteiger partial charge in [-0.1, -0.05) is 65.9 Å². The van der Waals surface area contributed by atoms with Crippen molar-refractivity contribution in [3.8, 4) is 17.6 Å². The van der Waals surface area contributed by atoms with Crippen LogP contribution in [0.15, 0.2) is 94.2 Å². The van der Waals surface area contributed by atoms with E-state index in [2.05, 4.69) is 0 Å². The second-order valence-corrected chi connectivity index (χ2v) is 9.73. The van der Waals surface area contributed by atoms with Crippen molar-refractivity contribution in [1.82, 2.24) is 4.57 Å². The molecule has 0 saturated heterocycles. The summed E-state index contributed by atoms with van der Waals surface area (Å²) in [6.07, 6.45) is 1.75. The summed E-state index contributed by atoms with van der Waals surface area (Å²) in [5, 5.41) is 8.83. The molecule has 4 aromatic rings. The number of nitriles is 1. The molecule has 0 saturated carbocycles. The summed E-state index contributed by atoms with van der Waals surface area (Å²) in [6, 6.07) is 25.0. The van der Waals surface area contributed by atoms with Crippen molar-refractivity contribution in [2.24, 2.45) is 4.99 Å². The Morgan fingerprint density at radius 2 is 1.85 bits per heavy atom. The van der Waals surface area contributed by atoms with Crippen molar-refractivity contribution >= 4 is 29.1 Å². The normalized spacial score (nSPS) is 14.6. The fourth-order valence-electron chi connectivity index (χ4n) is 4.50. The number of methoxy groups -OCH3 is 1. The van der Waals surface area contributed by atoms with Gasteiger partial charge in [-0.05, 0) is 48.4 Å². The van der Waals surface area contributed by atoms with Gasteiger partial charge in [0.15, 0.2) is 11.4 Å². The predicted octanol–water partition coefficient (Wildman–Crippen LogP) is 3.85. The van der Waals surface area contributed by atoms with Gasteiger partial charge < -0.3 is 14.2 Å². The minimum Gasteiger partial charge on any atom is -0.497 e. The van der Waals surface area contributed by atoms with Gasteiger partial charge in [0.25, 0.3) is 5.56 Å². The number of carbonyl (C=O) groups excluding carboxylic acids is 1. The fourth-order valence-corrected chi connectivity index (χ4v) is 5.50. The van der Waals surface area contributed by atoms with Crippen LogP contribution in [0.1, 0.15) is 29.7 Å². The lowest BCUT2D eigenvalue weighted by molar-refractivity contribution is -0.138. The van der Waals surface area contributed by atoms with E-state index in [9.17, 15) is 9.59 Å². The van der Waals surface area contributed by atoms with Crippen LogP contribution in [0.4, 0.5) is 0 Å². The Hall–Kier alpha value is -4.94. The molecule has 1 aromatic heterocycles. The lowest BCUT2D eigenvalue weighted by Crippen LogP contribution is -2.40. The molecule has 9 heteroatoms. The number of hydrogen-bond donors (Lipinski definition) is 0. The first-order valence-electron chi connectivity index (χ1n) is 12.6. The van der Waals surface area contributed by atoms with Crippen LogP contribution in [-0.2, 0) is 9.53 Å². The van der Waals surface area contributed by atoms with Crippen molar-refractivity contribution in [2.45, 2.75) is 13.0 Å². The lowest BCUT2D eigenvalue weighted by atomic mass is 9.93. The third-order valence-electron chi connectivity index (χ3n) is 6.26. The molecule has 2 heterocycles. The molecule has 0 aliphatic carbocycles. The Morgan fingerprint density at radius 1 is 1.07 bits per heavy atom. The van der Waals surface area contributed by atoms with Crippen molar-refractivity contribution in [2.75, 3.05) is 20.3 Å². The van der Waals surface area contributed by atoms with E-state index in [-0.39, 0.29) is 24.3 Å². The molecule has 1 aliphatic rings. The number of carbonyl (C=O) groups is 1. The number of aromatic nitrogens is 1. The van der Waals surface area contributed by atoms with Gasteiger partial charge in [0.1, 0.15) is 17.6 Å². The Labute approximate surface area is 234 Å². The first-order chi connectivity index (χ1) is 19.5. The van der Waals surface area contributed by atoms with E-state index in [0.717, 1.165) is 11.1 Å². The minimum atomic E-state index is -0.774. The Bertz CT molecular complexity index is 1800. The molecule has 40 heavy (non-hydrogen) atoms. The molecule has 0 radical (unpaired) electrons. The maximum absolute atomic E-state index is 14.0. The molecule has 8 nitrogen and oxygen atoms in total. The predicted molar refractivity (Wildman–Crippen MR) is 152 cm³/mol. The van der Waals surface area contributed by atoms with Gasteiger partial charge in [-0.25, -0.2) is 9.79 Å². The van der Waals surface area contributed by atoms with Gasteiger partial charge in [0.2, 0.25) is 0 Å². The van der Waals surface area contributed by atoms with Gasteiger partial charge in [0.05, 0.1) is 35.6 Å². The van der Waals surface area contributed by atoms with Crippen LogP contribution < -0.4 is 24.4 Å². The van der Waals surface area contributed by atoms with E-state index in [1.165, 1.54) is 11.3 Å².